The quantitative estimate of drug-likeness (QED) is 0.473. The van der Waals surface area contributed by atoms with Gasteiger partial charge in [-0.1, -0.05) is 6.07 Å². The van der Waals surface area contributed by atoms with Crippen LogP contribution in [0.1, 0.15) is 29.8 Å². The number of esters is 1. The number of ether oxygens (including phenoxy) is 2. The van der Waals surface area contributed by atoms with E-state index in [0.29, 0.717) is 17.9 Å². The Morgan fingerprint density at radius 2 is 1.86 bits per heavy atom. The van der Waals surface area contributed by atoms with E-state index in [2.05, 4.69) is 15.6 Å². The molecule has 0 heterocycles. The lowest BCUT2D eigenvalue weighted by Gasteiger charge is -2.10. The van der Waals surface area contributed by atoms with Crippen molar-refractivity contribution in [3.63, 3.8) is 0 Å². The standard InChI is InChI=1S/C15H23N3O3/c1-5-16-15(17-6-2)18-10-11-7-8-13(20-3)12(9-11)14(19)21-4/h7-9H,5-6,10H2,1-4H3,(H2,16,17,18). The summed E-state index contributed by atoms with van der Waals surface area (Å²) in [6.07, 6.45) is 0. The first-order valence-corrected chi connectivity index (χ1v) is 6.93. The molecule has 0 bridgehead atoms. The van der Waals surface area contributed by atoms with Gasteiger partial charge in [0.25, 0.3) is 0 Å². The number of nitrogens with zero attached hydrogens (tertiary/aromatic N) is 1. The molecule has 0 fully saturated rings. The van der Waals surface area contributed by atoms with Gasteiger partial charge in [-0.15, -0.1) is 0 Å². The molecule has 1 rings (SSSR count). The zero-order chi connectivity index (χ0) is 15.7. The fourth-order valence-electron chi connectivity index (χ4n) is 1.80. The molecule has 0 aliphatic heterocycles. The van der Waals surface area contributed by atoms with Crippen LogP contribution in [0.15, 0.2) is 23.2 Å². The Bertz CT molecular complexity index is 493. The molecule has 0 unspecified atom stereocenters. The number of carbonyl (C=O) groups excluding carboxylic acids is 1. The van der Waals surface area contributed by atoms with Gasteiger partial charge < -0.3 is 20.1 Å². The molecule has 0 aliphatic carbocycles. The molecule has 1 aromatic carbocycles. The first-order valence-electron chi connectivity index (χ1n) is 6.93. The lowest BCUT2D eigenvalue weighted by molar-refractivity contribution is 0.0597. The van der Waals surface area contributed by atoms with Gasteiger partial charge in [-0.25, -0.2) is 9.79 Å². The molecule has 6 nitrogen and oxygen atoms in total. The largest absolute Gasteiger partial charge is 0.496 e. The number of guanidine groups is 1. The topological polar surface area (TPSA) is 72.0 Å². The van der Waals surface area contributed by atoms with Gasteiger partial charge in [-0.05, 0) is 31.5 Å². The van der Waals surface area contributed by atoms with Gasteiger partial charge in [-0.3, -0.25) is 0 Å². The molecule has 0 spiro atoms. The number of carbonyl (C=O) groups is 1. The highest BCUT2D eigenvalue weighted by atomic mass is 16.5. The summed E-state index contributed by atoms with van der Waals surface area (Å²) in [6, 6.07) is 5.37. The summed E-state index contributed by atoms with van der Waals surface area (Å²) in [7, 11) is 2.87. The number of methoxy groups -OCH3 is 2. The maximum Gasteiger partial charge on any atom is 0.341 e. The maximum absolute atomic E-state index is 11.7. The van der Waals surface area contributed by atoms with Crippen molar-refractivity contribution in [2.75, 3.05) is 27.3 Å². The Morgan fingerprint density at radius 3 is 2.38 bits per heavy atom. The minimum atomic E-state index is -0.420. The molecule has 6 heteroatoms. The average Bonchev–Trinajstić information content (AvgIpc) is 2.52. The van der Waals surface area contributed by atoms with Gasteiger partial charge in [-0.2, -0.15) is 0 Å². The highest BCUT2D eigenvalue weighted by molar-refractivity contribution is 5.92. The van der Waals surface area contributed by atoms with E-state index in [0.717, 1.165) is 24.6 Å². The van der Waals surface area contributed by atoms with E-state index in [1.807, 2.05) is 19.9 Å². The molecular weight excluding hydrogens is 270 g/mol. The molecule has 1 aromatic rings. The van der Waals surface area contributed by atoms with E-state index < -0.39 is 5.97 Å². The maximum atomic E-state index is 11.7. The van der Waals surface area contributed by atoms with Crippen molar-refractivity contribution in [2.45, 2.75) is 20.4 Å². The van der Waals surface area contributed by atoms with Gasteiger partial charge in [0.15, 0.2) is 5.96 Å². The minimum absolute atomic E-state index is 0.404. The summed E-state index contributed by atoms with van der Waals surface area (Å²) >= 11 is 0. The summed E-state index contributed by atoms with van der Waals surface area (Å²) in [5.41, 5.74) is 1.31. The number of hydrogen-bond acceptors (Lipinski definition) is 4. The summed E-state index contributed by atoms with van der Waals surface area (Å²) in [5.74, 6) is 0.819. The Balaban J connectivity index is 2.93. The third kappa shape index (κ3) is 4.98. The molecule has 0 aromatic heterocycles. The Labute approximate surface area is 125 Å². The average molecular weight is 293 g/mol. The van der Waals surface area contributed by atoms with Crippen LogP contribution in [-0.2, 0) is 11.3 Å². The molecule has 0 radical (unpaired) electrons. The number of rotatable bonds is 6. The second-order valence-electron chi connectivity index (χ2n) is 4.25. The molecule has 2 N–H and O–H groups in total. The van der Waals surface area contributed by atoms with Gasteiger partial charge >= 0.3 is 5.97 Å². The Hall–Kier alpha value is -2.24. The zero-order valence-electron chi connectivity index (χ0n) is 13.0. The van der Waals surface area contributed by atoms with E-state index in [1.165, 1.54) is 14.2 Å². The van der Waals surface area contributed by atoms with E-state index in [1.54, 1.807) is 12.1 Å². The summed E-state index contributed by atoms with van der Waals surface area (Å²) in [4.78, 5) is 16.2. The van der Waals surface area contributed by atoms with Crippen LogP contribution >= 0.6 is 0 Å². The van der Waals surface area contributed by atoms with Crippen LogP contribution in [0.25, 0.3) is 0 Å². The van der Waals surface area contributed by atoms with Gasteiger partial charge in [0.2, 0.25) is 0 Å². The van der Waals surface area contributed by atoms with Crippen molar-refractivity contribution < 1.29 is 14.3 Å². The van der Waals surface area contributed by atoms with Crippen LogP contribution < -0.4 is 15.4 Å². The second kappa shape index (κ2) is 8.84. The van der Waals surface area contributed by atoms with Crippen molar-refractivity contribution in [2.24, 2.45) is 4.99 Å². The monoisotopic (exact) mass is 293 g/mol. The van der Waals surface area contributed by atoms with Crippen LogP contribution in [0.4, 0.5) is 0 Å². The molecule has 116 valence electrons. The summed E-state index contributed by atoms with van der Waals surface area (Å²) in [6.45, 7) is 6.07. The molecule has 0 atom stereocenters. The molecule has 0 aliphatic rings. The lowest BCUT2D eigenvalue weighted by Crippen LogP contribution is -2.36. The van der Waals surface area contributed by atoms with Crippen molar-refractivity contribution in [1.29, 1.82) is 0 Å². The fourth-order valence-corrected chi connectivity index (χ4v) is 1.80. The predicted molar refractivity (Wildman–Crippen MR) is 82.8 cm³/mol. The van der Waals surface area contributed by atoms with Gasteiger partial charge in [0, 0.05) is 13.1 Å². The molecule has 0 saturated carbocycles. The van der Waals surface area contributed by atoms with Crippen LogP contribution in [0, 0.1) is 0 Å². The molecule has 0 amide bonds. The van der Waals surface area contributed by atoms with Crippen molar-refractivity contribution in [3.05, 3.63) is 29.3 Å². The number of benzene rings is 1. The van der Waals surface area contributed by atoms with Crippen molar-refractivity contribution >= 4 is 11.9 Å². The summed E-state index contributed by atoms with van der Waals surface area (Å²) < 4.78 is 9.92. The highest BCUT2D eigenvalue weighted by Crippen LogP contribution is 2.21. The van der Waals surface area contributed by atoms with Gasteiger partial charge in [0.1, 0.15) is 11.3 Å². The van der Waals surface area contributed by atoms with E-state index in [4.69, 9.17) is 9.47 Å². The van der Waals surface area contributed by atoms with E-state index in [9.17, 15) is 4.79 Å². The zero-order valence-corrected chi connectivity index (χ0v) is 13.0. The molecular formula is C15H23N3O3. The first-order chi connectivity index (χ1) is 10.2. The van der Waals surface area contributed by atoms with E-state index in [-0.39, 0.29) is 0 Å². The predicted octanol–water partition coefficient (Wildman–Crippen LogP) is 1.56. The van der Waals surface area contributed by atoms with Crippen LogP contribution in [-0.4, -0.2) is 39.2 Å². The van der Waals surface area contributed by atoms with Crippen molar-refractivity contribution in [3.8, 4) is 5.75 Å². The van der Waals surface area contributed by atoms with Crippen LogP contribution in [0.2, 0.25) is 0 Å². The highest BCUT2D eigenvalue weighted by Gasteiger charge is 2.13. The molecule has 0 saturated heterocycles. The van der Waals surface area contributed by atoms with Crippen LogP contribution in [0.5, 0.6) is 5.75 Å². The molecule has 21 heavy (non-hydrogen) atoms. The second-order valence-corrected chi connectivity index (χ2v) is 4.25. The fraction of sp³-hybridized carbons (Fsp3) is 0.467. The van der Waals surface area contributed by atoms with Crippen LogP contribution in [0.3, 0.4) is 0 Å². The number of hydrogen-bond donors (Lipinski definition) is 2. The number of nitrogens with one attached hydrogen (secondary N) is 2. The Kier molecular flexibility index (Phi) is 7.08. The Morgan fingerprint density at radius 1 is 1.19 bits per heavy atom. The van der Waals surface area contributed by atoms with Gasteiger partial charge in [0.05, 0.1) is 20.8 Å². The third-order valence-electron chi connectivity index (χ3n) is 2.78. The van der Waals surface area contributed by atoms with E-state index >= 15 is 0 Å². The SMILES string of the molecule is CCNC(=NCc1ccc(OC)c(C(=O)OC)c1)NCC. The smallest absolute Gasteiger partial charge is 0.341 e. The normalized spacial score (nSPS) is 9.71. The summed E-state index contributed by atoms with van der Waals surface area (Å²) in [5, 5.41) is 6.29. The first kappa shape index (κ1) is 16.8. The number of aliphatic imine (C=N–C) groups is 1. The lowest BCUT2D eigenvalue weighted by atomic mass is 10.1. The minimum Gasteiger partial charge on any atom is -0.496 e. The van der Waals surface area contributed by atoms with Crippen molar-refractivity contribution in [1.82, 2.24) is 10.6 Å². The third-order valence-corrected chi connectivity index (χ3v) is 2.78.